The molecule has 0 unspecified atom stereocenters. The predicted octanol–water partition coefficient (Wildman–Crippen LogP) is 3.59. The van der Waals surface area contributed by atoms with Crippen LogP contribution in [0.5, 0.6) is 0 Å². The van der Waals surface area contributed by atoms with Crippen molar-refractivity contribution in [3.05, 3.63) is 60.4 Å². The van der Waals surface area contributed by atoms with Crippen LogP contribution in [0.1, 0.15) is 30.1 Å². The quantitative estimate of drug-likeness (QED) is 0.783. The number of ether oxygens (including phenoxy) is 1. The van der Waals surface area contributed by atoms with Crippen LogP contribution in [-0.4, -0.2) is 34.6 Å². The number of rotatable bonds is 4. The third-order valence-electron chi connectivity index (χ3n) is 4.82. The van der Waals surface area contributed by atoms with Crippen LogP contribution in [0.25, 0.3) is 22.2 Å². The number of hydrogen-bond donors (Lipinski definition) is 1. The first-order valence-corrected chi connectivity index (χ1v) is 8.95. The summed E-state index contributed by atoms with van der Waals surface area (Å²) in [6, 6.07) is 13.3. The van der Waals surface area contributed by atoms with Crippen molar-refractivity contribution in [1.29, 1.82) is 0 Å². The minimum absolute atomic E-state index is 0.0266. The van der Waals surface area contributed by atoms with Crippen LogP contribution in [0.15, 0.2) is 54.9 Å². The van der Waals surface area contributed by atoms with Crippen LogP contribution < -0.4 is 5.32 Å². The van der Waals surface area contributed by atoms with E-state index in [0.717, 1.165) is 41.6 Å². The molecule has 5 heteroatoms. The van der Waals surface area contributed by atoms with E-state index in [2.05, 4.69) is 10.3 Å². The molecule has 1 saturated heterocycles. The minimum Gasteiger partial charge on any atom is -0.376 e. The normalized spacial score (nSPS) is 18.0. The van der Waals surface area contributed by atoms with Crippen molar-refractivity contribution < 1.29 is 9.53 Å². The molecule has 2 aromatic heterocycles. The number of nitrogens with one attached hydrogen (secondary N) is 1. The minimum atomic E-state index is -0.0955. The van der Waals surface area contributed by atoms with Gasteiger partial charge >= 0.3 is 0 Å². The molecule has 3 aromatic rings. The van der Waals surface area contributed by atoms with Gasteiger partial charge in [-0.1, -0.05) is 18.2 Å². The van der Waals surface area contributed by atoms with Gasteiger partial charge in [-0.3, -0.25) is 9.78 Å². The molecule has 26 heavy (non-hydrogen) atoms. The Bertz CT molecular complexity index is 921. The van der Waals surface area contributed by atoms with Crippen LogP contribution in [0, 0.1) is 0 Å². The third-order valence-corrected chi connectivity index (χ3v) is 4.82. The van der Waals surface area contributed by atoms with Gasteiger partial charge in [-0.05, 0) is 44.0 Å². The van der Waals surface area contributed by atoms with Gasteiger partial charge in [0.25, 0.3) is 5.91 Å². The van der Waals surface area contributed by atoms with Crippen LogP contribution in [0.4, 0.5) is 0 Å². The average molecular weight is 347 g/mol. The van der Waals surface area contributed by atoms with Gasteiger partial charge in [0.2, 0.25) is 0 Å². The van der Waals surface area contributed by atoms with E-state index < -0.39 is 0 Å². The Labute approximate surface area is 152 Å². The van der Waals surface area contributed by atoms with Crippen molar-refractivity contribution in [3.63, 3.8) is 0 Å². The van der Waals surface area contributed by atoms with Crippen molar-refractivity contribution in [2.75, 3.05) is 6.61 Å². The third kappa shape index (κ3) is 3.30. The fourth-order valence-corrected chi connectivity index (χ4v) is 3.41. The molecule has 2 atom stereocenters. The Hall–Kier alpha value is -2.79. The van der Waals surface area contributed by atoms with E-state index >= 15 is 0 Å². The van der Waals surface area contributed by atoms with Gasteiger partial charge in [0.1, 0.15) is 0 Å². The van der Waals surface area contributed by atoms with E-state index in [1.54, 1.807) is 12.4 Å². The largest absolute Gasteiger partial charge is 0.376 e. The number of amides is 1. The molecule has 1 N–H and O–H groups in total. The van der Waals surface area contributed by atoms with Gasteiger partial charge in [-0.25, -0.2) is 4.98 Å². The fraction of sp³-hybridized carbons (Fsp3) is 0.286. The first-order chi connectivity index (χ1) is 12.7. The zero-order chi connectivity index (χ0) is 17.9. The molecule has 3 heterocycles. The Kier molecular flexibility index (Phi) is 4.63. The monoisotopic (exact) mass is 347 g/mol. The highest BCUT2D eigenvalue weighted by atomic mass is 16.5. The molecule has 5 nitrogen and oxygen atoms in total. The van der Waals surface area contributed by atoms with Gasteiger partial charge in [-0.15, -0.1) is 0 Å². The molecule has 1 aliphatic rings. The molecule has 0 spiro atoms. The van der Waals surface area contributed by atoms with Gasteiger partial charge in [0.15, 0.2) is 0 Å². The number of pyridine rings is 2. The lowest BCUT2D eigenvalue weighted by Crippen LogP contribution is -2.40. The van der Waals surface area contributed by atoms with Crippen LogP contribution in [0.3, 0.4) is 0 Å². The van der Waals surface area contributed by atoms with Crippen molar-refractivity contribution in [3.8, 4) is 11.3 Å². The summed E-state index contributed by atoms with van der Waals surface area (Å²) in [5.74, 6) is -0.0955. The van der Waals surface area contributed by atoms with Crippen molar-refractivity contribution in [2.24, 2.45) is 0 Å². The van der Waals surface area contributed by atoms with Gasteiger partial charge < -0.3 is 10.1 Å². The van der Waals surface area contributed by atoms with E-state index in [4.69, 9.17) is 9.72 Å². The number of fused-ring (bicyclic) bond motifs is 1. The summed E-state index contributed by atoms with van der Waals surface area (Å²) in [6.07, 6.45) is 5.58. The van der Waals surface area contributed by atoms with E-state index in [0.29, 0.717) is 5.56 Å². The smallest absolute Gasteiger partial charge is 0.252 e. The predicted molar refractivity (Wildman–Crippen MR) is 101 cm³/mol. The lowest BCUT2D eigenvalue weighted by atomic mass is 10.0. The number of carbonyl (C=O) groups excluding carboxylic acids is 1. The highest BCUT2D eigenvalue weighted by molar-refractivity contribution is 6.07. The van der Waals surface area contributed by atoms with E-state index in [1.807, 2.05) is 49.4 Å². The maximum absolute atomic E-state index is 13.0. The Morgan fingerprint density at radius 2 is 2.04 bits per heavy atom. The van der Waals surface area contributed by atoms with Gasteiger partial charge in [-0.2, -0.15) is 0 Å². The number of nitrogens with zero attached hydrogens (tertiary/aromatic N) is 2. The molecule has 1 aliphatic heterocycles. The number of para-hydroxylation sites is 1. The van der Waals surface area contributed by atoms with Crippen molar-refractivity contribution >= 4 is 16.8 Å². The second kappa shape index (κ2) is 7.22. The molecule has 0 saturated carbocycles. The standard InChI is InChI=1S/C21H21N3O2/c1-14(20-7-4-12-26-20)23-21(25)17-13-19(15-8-10-22-11-9-15)24-18-6-3-2-5-16(17)18/h2-3,5-6,8-11,13-14,20H,4,7,12H2,1H3,(H,23,25)/t14-,20-/m1/s1. The van der Waals surface area contributed by atoms with E-state index in [9.17, 15) is 4.79 Å². The molecule has 0 aliphatic carbocycles. The Morgan fingerprint density at radius 1 is 1.23 bits per heavy atom. The maximum atomic E-state index is 13.0. The van der Waals surface area contributed by atoms with E-state index in [-0.39, 0.29) is 18.1 Å². The molecule has 4 rings (SSSR count). The summed E-state index contributed by atoms with van der Waals surface area (Å²) in [5.41, 5.74) is 3.14. The van der Waals surface area contributed by atoms with Crippen LogP contribution in [-0.2, 0) is 4.74 Å². The molecule has 1 fully saturated rings. The number of carbonyl (C=O) groups is 1. The summed E-state index contributed by atoms with van der Waals surface area (Å²) in [6.45, 7) is 2.77. The SMILES string of the molecule is C[C@@H](NC(=O)c1cc(-c2ccncc2)nc2ccccc12)[C@H]1CCCO1. The first-order valence-electron chi connectivity index (χ1n) is 8.95. The molecule has 0 radical (unpaired) electrons. The molecule has 1 amide bonds. The number of hydrogen-bond acceptors (Lipinski definition) is 4. The number of aromatic nitrogens is 2. The topological polar surface area (TPSA) is 64.1 Å². The average Bonchev–Trinajstić information content (AvgIpc) is 3.23. The zero-order valence-electron chi connectivity index (χ0n) is 14.7. The second-order valence-corrected chi connectivity index (χ2v) is 6.62. The van der Waals surface area contributed by atoms with Crippen molar-refractivity contribution in [2.45, 2.75) is 31.9 Å². The number of benzene rings is 1. The summed E-state index contributed by atoms with van der Waals surface area (Å²) in [4.78, 5) is 21.8. The second-order valence-electron chi connectivity index (χ2n) is 6.62. The summed E-state index contributed by atoms with van der Waals surface area (Å²) < 4.78 is 5.70. The molecule has 132 valence electrons. The van der Waals surface area contributed by atoms with Crippen LogP contribution in [0.2, 0.25) is 0 Å². The maximum Gasteiger partial charge on any atom is 0.252 e. The summed E-state index contributed by atoms with van der Waals surface area (Å²) in [7, 11) is 0. The summed E-state index contributed by atoms with van der Waals surface area (Å²) in [5, 5.41) is 3.95. The van der Waals surface area contributed by atoms with Gasteiger partial charge in [0.05, 0.1) is 28.9 Å². The Morgan fingerprint density at radius 3 is 2.81 bits per heavy atom. The van der Waals surface area contributed by atoms with Gasteiger partial charge in [0, 0.05) is 30.0 Å². The molecule has 0 bridgehead atoms. The highest BCUT2D eigenvalue weighted by Crippen LogP contribution is 2.25. The lowest BCUT2D eigenvalue weighted by molar-refractivity contribution is 0.0713. The summed E-state index contributed by atoms with van der Waals surface area (Å²) >= 11 is 0. The first kappa shape index (κ1) is 16.7. The molecular formula is C21H21N3O2. The van der Waals surface area contributed by atoms with E-state index in [1.165, 1.54) is 0 Å². The Balaban J connectivity index is 1.71. The fourth-order valence-electron chi connectivity index (χ4n) is 3.41. The van der Waals surface area contributed by atoms with Crippen LogP contribution >= 0.6 is 0 Å². The molecular weight excluding hydrogens is 326 g/mol. The lowest BCUT2D eigenvalue weighted by Gasteiger charge is -2.20. The highest BCUT2D eigenvalue weighted by Gasteiger charge is 2.25. The van der Waals surface area contributed by atoms with Crippen molar-refractivity contribution in [1.82, 2.24) is 15.3 Å². The molecule has 1 aromatic carbocycles. The zero-order valence-corrected chi connectivity index (χ0v) is 14.7.